The zero-order valence-corrected chi connectivity index (χ0v) is 11.1. The summed E-state index contributed by atoms with van der Waals surface area (Å²) in [6, 6.07) is 8.41. The molecule has 0 saturated heterocycles. The van der Waals surface area contributed by atoms with Crippen molar-refractivity contribution in [2.45, 2.75) is 35.3 Å². The molecule has 2 rings (SSSR count). The fourth-order valence-corrected chi connectivity index (χ4v) is 4.01. The van der Waals surface area contributed by atoms with Crippen molar-refractivity contribution in [3.05, 3.63) is 28.7 Å². The highest BCUT2D eigenvalue weighted by molar-refractivity contribution is 9.10. The Morgan fingerprint density at radius 3 is 2.53 bits per heavy atom. The Labute approximate surface area is 104 Å². The van der Waals surface area contributed by atoms with Crippen molar-refractivity contribution >= 4 is 27.7 Å². The van der Waals surface area contributed by atoms with Gasteiger partial charge in [0.15, 0.2) is 0 Å². The van der Waals surface area contributed by atoms with Gasteiger partial charge in [-0.2, -0.15) is 0 Å². The lowest BCUT2D eigenvalue weighted by atomic mass is 10.1. The molecule has 82 valence electrons. The summed E-state index contributed by atoms with van der Waals surface area (Å²) < 4.78 is 1.49. The zero-order chi connectivity index (χ0) is 10.7. The SMILES string of the molecule is NCC1(Sc2ccccc2Br)CCCC1. The summed E-state index contributed by atoms with van der Waals surface area (Å²) in [7, 11) is 0. The molecule has 1 aliphatic carbocycles. The maximum Gasteiger partial charge on any atom is 0.0329 e. The van der Waals surface area contributed by atoms with Crippen LogP contribution in [-0.4, -0.2) is 11.3 Å². The maximum atomic E-state index is 5.93. The molecule has 1 nitrogen and oxygen atoms in total. The van der Waals surface area contributed by atoms with Gasteiger partial charge in [-0.15, -0.1) is 11.8 Å². The number of rotatable bonds is 3. The molecule has 0 unspecified atom stereocenters. The van der Waals surface area contributed by atoms with Crippen molar-refractivity contribution in [2.75, 3.05) is 6.54 Å². The Morgan fingerprint density at radius 2 is 1.93 bits per heavy atom. The lowest BCUT2D eigenvalue weighted by molar-refractivity contribution is 0.619. The summed E-state index contributed by atoms with van der Waals surface area (Å²) in [5.74, 6) is 0. The van der Waals surface area contributed by atoms with E-state index in [4.69, 9.17) is 5.73 Å². The second-order valence-corrected chi connectivity index (χ2v) is 6.49. The first-order chi connectivity index (χ1) is 7.26. The van der Waals surface area contributed by atoms with Gasteiger partial charge in [0.2, 0.25) is 0 Å². The fourth-order valence-electron chi connectivity index (χ4n) is 2.13. The molecular formula is C12H16BrNS. The average Bonchev–Trinajstić information content (AvgIpc) is 2.71. The van der Waals surface area contributed by atoms with E-state index in [0.717, 1.165) is 6.54 Å². The topological polar surface area (TPSA) is 26.0 Å². The fraction of sp³-hybridized carbons (Fsp3) is 0.500. The van der Waals surface area contributed by atoms with E-state index in [2.05, 4.69) is 40.2 Å². The van der Waals surface area contributed by atoms with E-state index in [0.29, 0.717) is 4.75 Å². The Hall–Kier alpha value is 0.01000. The quantitative estimate of drug-likeness (QED) is 0.914. The van der Waals surface area contributed by atoms with Gasteiger partial charge >= 0.3 is 0 Å². The molecule has 1 aliphatic rings. The minimum Gasteiger partial charge on any atom is -0.329 e. The number of hydrogen-bond donors (Lipinski definition) is 1. The summed E-state index contributed by atoms with van der Waals surface area (Å²) in [6.45, 7) is 0.791. The van der Waals surface area contributed by atoms with Crippen LogP contribution in [0.25, 0.3) is 0 Å². The molecule has 0 aromatic heterocycles. The molecule has 1 saturated carbocycles. The van der Waals surface area contributed by atoms with Crippen LogP contribution in [0.1, 0.15) is 25.7 Å². The van der Waals surface area contributed by atoms with E-state index in [-0.39, 0.29) is 0 Å². The number of benzene rings is 1. The van der Waals surface area contributed by atoms with E-state index in [1.807, 2.05) is 11.8 Å². The summed E-state index contributed by atoms with van der Waals surface area (Å²) in [5, 5.41) is 0. The van der Waals surface area contributed by atoms with Gasteiger partial charge in [-0.05, 0) is 40.9 Å². The van der Waals surface area contributed by atoms with Gasteiger partial charge < -0.3 is 5.73 Å². The highest BCUT2D eigenvalue weighted by atomic mass is 79.9. The van der Waals surface area contributed by atoms with Gasteiger partial charge in [0.05, 0.1) is 0 Å². The average molecular weight is 286 g/mol. The first kappa shape index (κ1) is 11.5. The third-order valence-electron chi connectivity index (χ3n) is 3.05. The lowest BCUT2D eigenvalue weighted by Crippen LogP contribution is -2.30. The second kappa shape index (κ2) is 4.89. The standard InChI is InChI=1S/C12H16BrNS/c13-10-5-1-2-6-11(10)15-12(9-14)7-3-4-8-12/h1-2,5-6H,3-4,7-9,14H2. The third kappa shape index (κ3) is 2.58. The van der Waals surface area contributed by atoms with Crippen LogP contribution < -0.4 is 5.73 Å². The molecule has 1 fully saturated rings. The Kier molecular flexibility index (Phi) is 3.75. The van der Waals surface area contributed by atoms with Crippen molar-refractivity contribution in [1.29, 1.82) is 0 Å². The molecule has 0 bridgehead atoms. The zero-order valence-electron chi connectivity index (χ0n) is 8.71. The minimum absolute atomic E-state index is 0.296. The molecule has 0 amide bonds. The number of hydrogen-bond acceptors (Lipinski definition) is 2. The largest absolute Gasteiger partial charge is 0.329 e. The van der Waals surface area contributed by atoms with Crippen LogP contribution in [0.2, 0.25) is 0 Å². The summed E-state index contributed by atoms with van der Waals surface area (Å²) in [4.78, 5) is 1.32. The molecule has 0 atom stereocenters. The number of thioether (sulfide) groups is 1. The second-order valence-electron chi connectivity index (χ2n) is 4.13. The van der Waals surface area contributed by atoms with Crippen LogP contribution in [0.15, 0.2) is 33.6 Å². The van der Waals surface area contributed by atoms with Crippen molar-refractivity contribution in [1.82, 2.24) is 0 Å². The molecule has 1 aromatic carbocycles. The predicted molar refractivity (Wildman–Crippen MR) is 70.3 cm³/mol. The van der Waals surface area contributed by atoms with E-state index in [1.165, 1.54) is 35.1 Å². The maximum absolute atomic E-state index is 5.93. The van der Waals surface area contributed by atoms with E-state index in [9.17, 15) is 0 Å². The summed E-state index contributed by atoms with van der Waals surface area (Å²) in [5.41, 5.74) is 5.93. The van der Waals surface area contributed by atoms with Crippen molar-refractivity contribution in [2.24, 2.45) is 5.73 Å². The number of nitrogens with two attached hydrogens (primary N) is 1. The Bertz CT molecular complexity index is 334. The molecular weight excluding hydrogens is 270 g/mol. The van der Waals surface area contributed by atoms with Crippen LogP contribution >= 0.6 is 27.7 Å². The Morgan fingerprint density at radius 1 is 1.27 bits per heavy atom. The normalized spacial score (nSPS) is 19.3. The first-order valence-electron chi connectivity index (χ1n) is 5.39. The minimum atomic E-state index is 0.296. The Balaban J connectivity index is 2.16. The van der Waals surface area contributed by atoms with Gasteiger partial charge in [-0.3, -0.25) is 0 Å². The molecule has 3 heteroatoms. The predicted octanol–water partition coefficient (Wildman–Crippen LogP) is 3.81. The summed E-state index contributed by atoms with van der Waals surface area (Å²) in [6.07, 6.45) is 5.17. The third-order valence-corrected chi connectivity index (χ3v) is 5.59. The van der Waals surface area contributed by atoms with Gasteiger partial charge in [0.1, 0.15) is 0 Å². The van der Waals surface area contributed by atoms with Crippen LogP contribution in [0, 0.1) is 0 Å². The van der Waals surface area contributed by atoms with Crippen LogP contribution in [0.3, 0.4) is 0 Å². The van der Waals surface area contributed by atoms with Crippen molar-refractivity contribution in [3.63, 3.8) is 0 Å². The van der Waals surface area contributed by atoms with Crippen LogP contribution in [0.5, 0.6) is 0 Å². The summed E-state index contributed by atoms with van der Waals surface area (Å²) >= 11 is 5.55. The molecule has 15 heavy (non-hydrogen) atoms. The van der Waals surface area contributed by atoms with E-state index >= 15 is 0 Å². The van der Waals surface area contributed by atoms with Gasteiger partial charge in [0, 0.05) is 20.7 Å². The molecule has 1 aromatic rings. The molecule has 0 spiro atoms. The van der Waals surface area contributed by atoms with Gasteiger partial charge in [-0.25, -0.2) is 0 Å². The monoisotopic (exact) mass is 285 g/mol. The van der Waals surface area contributed by atoms with Crippen molar-refractivity contribution in [3.8, 4) is 0 Å². The highest BCUT2D eigenvalue weighted by Crippen LogP contribution is 2.46. The van der Waals surface area contributed by atoms with Crippen molar-refractivity contribution < 1.29 is 0 Å². The molecule has 2 N–H and O–H groups in total. The van der Waals surface area contributed by atoms with Crippen LogP contribution in [0.4, 0.5) is 0 Å². The van der Waals surface area contributed by atoms with E-state index in [1.54, 1.807) is 0 Å². The first-order valence-corrected chi connectivity index (χ1v) is 7.00. The van der Waals surface area contributed by atoms with Crippen LogP contribution in [-0.2, 0) is 0 Å². The van der Waals surface area contributed by atoms with Gasteiger partial charge in [0.25, 0.3) is 0 Å². The van der Waals surface area contributed by atoms with E-state index < -0.39 is 0 Å². The number of halogens is 1. The molecule has 0 radical (unpaired) electrons. The van der Waals surface area contributed by atoms with Gasteiger partial charge in [-0.1, -0.05) is 25.0 Å². The smallest absolute Gasteiger partial charge is 0.0329 e. The molecule has 0 aliphatic heterocycles. The highest BCUT2D eigenvalue weighted by Gasteiger charge is 2.33. The molecule has 0 heterocycles. The lowest BCUT2D eigenvalue weighted by Gasteiger charge is -2.26.